The van der Waals surface area contributed by atoms with Crippen LogP contribution in [0.3, 0.4) is 0 Å². The van der Waals surface area contributed by atoms with Crippen molar-refractivity contribution in [1.29, 1.82) is 0 Å². The maximum atomic E-state index is 13.4. The van der Waals surface area contributed by atoms with Gasteiger partial charge in [-0.05, 0) is 18.2 Å². The highest BCUT2D eigenvalue weighted by Gasteiger charge is 2.22. The first-order valence-electron chi connectivity index (χ1n) is 7.88. The number of benzene rings is 1. The van der Waals surface area contributed by atoms with Gasteiger partial charge in [0, 0.05) is 24.9 Å². The van der Waals surface area contributed by atoms with E-state index < -0.39 is 24.1 Å². The van der Waals surface area contributed by atoms with E-state index >= 15 is 0 Å². The lowest BCUT2D eigenvalue weighted by Crippen LogP contribution is -2.24. The van der Waals surface area contributed by atoms with Crippen molar-refractivity contribution in [3.05, 3.63) is 42.1 Å². The van der Waals surface area contributed by atoms with Crippen LogP contribution < -0.4 is 16.4 Å². The van der Waals surface area contributed by atoms with Crippen LogP contribution in [0.15, 0.2) is 30.5 Å². The molecule has 146 valence electrons. The molecule has 2 aromatic heterocycles. The Kier molecular flexibility index (Phi) is 5.20. The van der Waals surface area contributed by atoms with Crippen LogP contribution in [0.25, 0.3) is 11.6 Å². The second kappa shape index (κ2) is 7.58. The molecule has 1 aromatic carbocycles. The van der Waals surface area contributed by atoms with Gasteiger partial charge in [-0.15, -0.1) is 0 Å². The van der Waals surface area contributed by atoms with Crippen LogP contribution in [0, 0.1) is 11.6 Å². The zero-order valence-corrected chi connectivity index (χ0v) is 14.4. The Morgan fingerprint density at radius 1 is 0.964 bits per heavy atom. The number of nitrogen functional groups attached to an aromatic ring is 1. The van der Waals surface area contributed by atoms with Crippen molar-refractivity contribution < 1.29 is 17.6 Å². The smallest absolute Gasteiger partial charge is 0.262 e. The molecule has 0 aliphatic heterocycles. The fraction of sp³-hybridized carbons (Fsp3) is 0.188. The normalized spacial score (nSPS) is 11.3. The van der Waals surface area contributed by atoms with E-state index in [9.17, 15) is 17.6 Å². The summed E-state index contributed by atoms with van der Waals surface area (Å²) >= 11 is 0. The summed E-state index contributed by atoms with van der Waals surface area (Å²) in [5.41, 5.74) is 5.62. The summed E-state index contributed by atoms with van der Waals surface area (Å²) in [5.74, 6) is -4.97. The topological polar surface area (TPSA) is 115 Å². The SMILES string of the molecule is CC(F)(F)CNc1nc(Nc2cc(F)cc(F)c2)nc(-c2nccc(N)n2)n1. The lowest BCUT2D eigenvalue weighted by atomic mass is 10.3. The number of rotatable bonds is 6. The molecule has 0 aliphatic carbocycles. The summed E-state index contributed by atoms with van der Waals surface area (Å²) in [6, 6.07) is 4.16. The van der Waals surface area contributed by atoms with Gasteiger partial charge in [0.25, 0.3) is 5.92 Å². The van der Waals surface area contributed by atoms with Crippen LogP contribution in [0.2, 0.25) is 0 Å². The molecule has 0 fully saturated rings. The summed E-state index contributed by atoms with van der Waals surface area (Å²) in [6.45, 7) is -0.0277. The monoisotopic (exact) mass is 394 g/mol. The number of anilines is 4. The molecular formula is C16H14F4N8. The van der Waals surface area contributed by atoms with Crippen molar-refractivity contribution in [2.24, 2.45) is 0 Å². The Morgan fingerprint density at radius 3 is 2.29 bits per heavy atom. The lowest BCUT2D eigenvalue weighted by Gasteiger charge is -2.13. The lowest BCUT2D eigenvalue weighted by molar-refractivity contribution is 0.0366. The number of hydrogen-bond acceptors (Lipinski definition) is 8. The number of aromatic nitrogens is 5. The van der Waals surface area contributed by atoms with Gasteiger partial charge in [-0.2, -0.15) is 15.0 Å². The van der Waals surface area contributed by atoms with E-state index in [1.165, 1.54) is 12.3 Å². The molecule has 0 unspecified atom stereocenters. The van der Waals surface area contributed by atoms with E-state index in [4.69, 9.17) is 5.73 Å². The Labute approximate surface area is 156 Å². The summed E-state index contributed by atoms with van der Waals surface area (Å²) in [6.07, 6.45) is 1.36. The zero-order chi connectivity index (χ0) is 20.3. The Hall–Kier alpha value is -3.57. The molecule has 0 saturated carbocycles. The van der Waals surface area contributed by atoms with Crippen LogP contribution in [0.5, 0.6) is 0 Å². The number of nitrogens with two attached hydrogens (primary N) is 1. The number of nitrogens with one attached hydrogen (secondary N) is 2. The van der Waals surface area contributed by atoms with E-state index in [2.05, 4.69) is 35.6 Å². The first-order chi connectivity index (χ1) is 13.2. The van der Waals surface area contributed by atoms with Gasteiger partial charge < -0.3 is 16.4 Å². The largest absolute Gasteiger partial charge is 0.384 e. The highest BCUT2D eigenvalue weighted by molar-refractivity contribution is 5.58. The fourth-order valence-corrected chi connectivity index (χ4v) is 2.08. The quantitative estimate of drug-likeness (QED) is 0.547. The van der Waals surface area contributed by atoms with Gasteiger partial charge in [0.05, 0.1) is 6.54 Å². The van der Waals surface area contributed by atoms with Crippen LogP contribution in [0.4, 0.5) is 41.0 Å². The Balaban J connectivity index is 1.98. The summed E-state index contributed by atoms with van der Waals surface area (Å²) < 4.78 is 53.1. The molecule has 0 aliphatic rings. The van der Waals surface area contributed by atoms with Crippen molar-refractivity contribution in [2.75, 3.05) is 22.9 Å². The van der Waals surface area contributed by atoms with E-state index in [-0.39, 0.29) is 35.1 Å². The minimum Gasteiger partial charge on any atom is -0.384 e. The molecule has 28 heavy (non-hydrogen) atoms. The van der Waals surface area contributed by atoms with Crippen molar-refractivity contribution in [3.63, 3.8) is 0 Å². The first kappa shape index (κ1) is 19.2. The summed E-state index contributed by atoms with van der Waals surface area (Å²) in [4.78, 5) is 19.9. The molecule has 8 nitrogen and oxygen atoms in total. The minimum absolute atomic E-state index is 0.00918. The molecule has 0 spiro atoms. The third kappa shape index (κ3) is 5.22. The molecule has 2 heterocycles. The van der Waals surface area contributed by atoms with E-state index in [1.54, 1.807) is 0 Å². The van der Waals surface area contributed by atoms with Gasteiger partial charge in [0.2, 0.25) is 17.7 Å². The number of halogens is 4. The molecule has 12 heteroatoms. The molecule has 4 N–H and O–H groups in total. The third-order valence-electron chi connectivity index (χ3n) is 3.19. The molecule has 3 rings (SSSR count). The van der Waals surface area contributed by atoms with E-state index in [0.717, 1.165) is 19.1 Å². The fourth-order valence-electron chi connectivity index (χ4n) is 2.08. The van der Waals surface area contributed by atoms with Crippen molar-refractivity contribution in [3.8, 4) is 11.6 Å². The van der Waals surface area contributed by atoms with Crippen molar-refractivity contribution >= 4 is 23.4 Å². The number of nitrogens with zero attached hydrogens (tertiary/aromatic N) is 5. The molecule has 0 amide bonds. The van der Waals surface area contributed by atoms with E-state index in [0.29, 0.717) is 6.07 Å². The van der Waals surface area contributed by atoms with Gasteiger partial charge in [-0.3, -0.25) is 0 Å². The molecule has 0 bridgehead atoms. The molecule has 0 saturated heterocycles. The standard InChI is InChI=1S/C16H14F4N8/c1-16(19,20)7-23-14-26-13(12-22-3-2-11(21)25-12)27-15(28-14)24-10-5-8(17)4-9(18)6-10/h2-6H,7H2,1H3,(H2,21,22,25)(H2,23,24,26,27,28). The summed E-state index contributed by atoms with van der Waals surface area (Å²) in [5, 5.41) is 4.96. The first-order valence-corrected chi connectivity index (χ1v) is 7.88. The van der Waals surface area contributed by atoms with Crippen LogP contribution in [-0.4, -0.2) is 37.4 Å². The highest BCUT2D eigenvalue weighted by atomic mass is 19.3. The van der Waals surface area contributed by atoms with Gasteiger partial charge in [-0.1, -0.05) is 0 Å². The van der Waals surface area contributed by atoms with E-state index in [1.807, 2.05) is 0 Å². The van der Waals surface area contributed by atoms with Crippen LogP contribution >= 0.6 is 0 Å². The predicted octanol–water partition coefficient (Wildman–Crippen LogP) is 3.00. The van der Waals surface area contributed by atoms with Crippen molar-refractivity contribution in [2.45, 2.75) is 12.8 Å². The van der Waals surface area contributed by atoms with Gasteiger partial charge in [0.15, 0.2) is 5.82 Å². The maximum Gasteiger partial charge on any atom is 0.262 e. The molecule has 0 radical (unpaired) electrons. The average Bonchev–Trinajstić information content (AvgIpc) is 2.58. The highest BCUT2D eigenvalue weighted by Crippen LogP contribution is 2.21. The number of alkyl halides is 2. The Bertz CT molecular complexity index is 972. The molecule has 3 aromatic rings. The average molecular weight is 394 g/mol. The number of hydrogen-bond donors (Lipinski definition) is 3. The van der Waals surface area contributed by atoms with Gasteiger partial charge >= 0.3 is 0 Å². The predicted molar refractivity (Wildman–Crippen MR) is 94.0 cm³/mol. The zero-order valence-electron chi connectivity index (χ0n) is 14.4. The van der Waals surface area contributed by atoms with Gasteiger partial charge in [0.1, 0.15) is 17.5 Å². The summed E-state index contributed by atoms with van der Waals surface area (Å²) in [7, 11) is 0. The second-order valence-electron chi connectivity index (χ2n) is 5.82. The minimum atomic E-state index is -3.03. The second-order valence-corrected chi connectivity index (χ2v) is 5.82. The molecule has 0 atom stereocenters. The maximum absolute atomic E-state index is 13.4. The molecular weight excluding hydrogens is 380 g/mol. The Morgan fingerprint density at radius 2 is 1.64 bits per heavy atom. The third-order valence-corrected chi connectivity index (χ3v) is 3.19. The van der Waals surface area contributed by atoms with Gasteiger partial charge in [-0.25, -0.2) is 27.5 Å². The van der Waals surface area contributed by atoms with Crippen LogP contribution in [-0.2, 0) is 0 Å². The van der Waals surface area contributed by atoms with Crippen LogP contribution in [0.1, 0.15) is 6.92 Å². The van der Waals surface area contributed by atoms with Crippen molar-refractivity contribution in [1.82, 2.24) is 24.9 Å².